The van der Waals surface area contributed by atoms with Crippen LogP contribution in [0.15, 0.2) is 22.9 Å². The summed E-state index contributed by atoms with van der Waals surface area (Å²) in [5, 5.41) is 6.56. The second-order valence-electron chi connectivity index (χ2n) is 5.27. The SMILES string of the molecule is CCOC(=O)Cc1csc(NC(=O)COC(=O)CCCc2cccs2)n1. The highest BCUT2D eigenvalue weighted by molar-refractivity contribution is 7.14. The molecule has 9 heteroatoms. The van der Waals surface area contributed by atoms with Gasteiger partial charge in [-0.1, -0.05) is 6.07 Å². The molecule has 0 aliphatic rings. The molecule has 2 heterocycles. The summed E-state index contributed by atoms with van der Waals surface area (Å²) in [5.74, 6) is -1.24. The van der Waals surface area contributed by atoms with Gasteiger partial charge >= 0.3 is 11.9 Å². The predicted octanol–water partition coefficient (Wildman–Crippen LogP) is 2.81. The second-order valence-corrected chi connectivity index (χ2v) is 7.16. The minimum atomic E-state index is -0.464. The van der Waals surface area contributed by atoms with Crippen LogP contribution >= 0.6 is 22.7 Å². The number of nitrogens with one attached hydrogen (secondary N) is 1. The summed E-state index contributed by atoms with van der Waals surface area (Å²) >= 11 is 2.85. The summed E-state index contributed by atoms with van der Waals surface area (Å²) in [6.45, 7) is 1.68. The normalized spacial score (nSPS) is 10.3. The third-order valence-corrected chi connectivity index (χ3v) is 4.92. The molecular weight excluding hydrogens is 376 g/mol. The van der Waals surface area contributed by atoms with E-state index in [0.717, 1.165) is 6.42 Å². The number of rotatable bonds is 10. The molecule has 0 aliphatic heterocycles. The summed E-state index contributed by atoms with van der Waals surface area (Å²) in [5.41, 5.74) is 0.523. The van der Waals surface area contributed by atoms with Crippen LogP contribution in [0.5, 0.6) is 0 Å². The molecule has 0 bridgehead atoms. The number of amides is 1. The molecule has 140 valence electrons. The average molecular weight is 396 g/mol. The van der Waals surface area contributed by atoms with Crippen LogP contribution in [0.1, 0.15) is 30.3 Å². The van der Waals surface area contributed by atoms with Gasteiger partial charge in [0.1, 0.15) is 0 Å². The molecule has 0 fully saturated rings. The van der Waals surface area contributed by atoms with E-state index in [1.165, 1.54) is 16.2 Å². The van der Waals surface area contributed by atoms with Crippen LogP contribution in [-0.4, -0.2) is 36.0 Å². The minimum absolute atomic E-state index is 0.0550. The van der Waals surface area contributed by atoms with E-state index in [4.69, 9.17) is 9.47 Å². The Labute approximate surface area is 159 Å². The Kier molecular flexibility index (Phi) is 8.23. The van der Waals surface area contributed by atoms with Crippen LogP contribution in [0.25, 0.3) is 0 Å². The number of esters is 2. The first-order chi connectivity index (χ1) is 12.6. The van der Waals surface area contributed by atoms with Crippen LogP contribution in [0.3, 0.4) is 0 Å². The van der Waals surface area contributed by atoms with Crippen molar-refractivity contribution in [2.24, 2.45) is 0 Å². The average Bonchev–Trinajstić information content (AvgIpc) is 3.25. The highest BCUT2D eigenvalue weighted by Crippen LogP contribution is 2.16. The maximum Gasteiger partial charge on any atom is 0.311 e. The number of carbonyl (C=O) groups excluding carboxylic acids is 3. The van der Waals surface area contributed by atoms with Gasteiger partial charge in [0.2, 0.25) is 0 Å². The van der Waals surface area contributed by atoms with E-state index in [9.17, 15) is 14.4 Å². The van der Waals surface area contributed by atoms with Gasteiger partial charge < -0.3 is 9.47 Å². The number of thiophene rings is 1. The standard InChI is InChI=1S/C17H20N2O5S2/c1-2-23-16(22)9-12-11-26-17(18-12)19-14(20)10-24-15(21)7-3-5-13-6-4-8-25-13/h4,6,8,11H,2-3,5,7,9-10H2,1H3,(H,18,19,20). The molecular formula is C17H20N2O5S2. The lowest BCUT2D eigenvalue weighted by molar-refractivity contribution is -0.147. The fraction of sp³-hybridized carbons (Fsp3) is 0.412. The lowest BCUT2D eigenvalue weighted by Gasteiger charge is -2.04. The molecule has 0 spiro atoms. The van der Waals surface area contributed by atoms with Gasteiger partial charge in [-0.2, -0.15) is 0 Å². The molecule has 2 aromatic rings. The molecule has 0 aromatic carbocycles. The van der Waals surface area contributed by atoms with E-state index in [0.29, 0.717) is 23.9 Å². The minimum Gasteiger partial charge on any atom is -0.466 e. The number of thiazole rings is 1. The Bertz CT molecular complexity index is 727. The molecule has 0 radical (unpaired) electrons. The molecule has 0 unspecified atom stereocenters. The molecule has 1 amide bonds. The maximum absolute atomic E-state index is 11.8. The number of aryl methyl sites for hydroxylation is 1. The van der Waals surface area contributed by atoms with Crippen molar-refractivity contribution in [2.75, 3.05) is 18.5 Å². The Morgan fingerprint density at radius 2 is 2.04 bits per heavy atom. The van der Waals surface area contributed by atoms with Gasteiger partial charge in [-0.05, 0) is 31.2 Å². The number of anilines is 1. The summed E-state index contributed by atoms with van der Waals surface area (Å²) in [6, 6.07) is 3.99. The van der Waals surface area contributed by atoms with Crippen LogP contribution in [0.2, 0.25) is 0 Å². The summed E-state index contributed by atoms with van der Waals surface area (Å²) < 4.78 is 9.79. The van der Waals surface area contributed by atoms with E-state index in [2.05, 4.69) is 10.3 Å². The van der Waals surface area contributed by atoms with Crippen LogP contribution in [0, 0.1) is 0 Å². The summed E-state index contributed by atoms with van der Waals surface area (Å²) in [4.78, 5) is 40.2. The quantitative estimate of drug-likeness (QED) is 0.621. The van der Waals surface area contributed by atoms with Crippen LogP contribution in [0.4, 0.5) is 5.13 Å². The fourth-order valence-corrected chi connectivity index (χ4v) is 3.52. The first-order valence-corrected chi connectivity index (χ1v) is 9.90. The van der Waals surface area contributed by atoms with E-state index in [-0.39, 0.29) is 25.4 Å². The zero-order valence-corrected chi connectivity index (χ0v) is 16.0. The van der Waals surface area contributed by atoms with Crippen molar-refractivity contribution in [3.63, 3.8) is 0 Å². The number of ether oxygens (including phenoxy) is 2. The van der Waals surface area contributed by atoms with Crippen molar-refractivity contribution < 1.29 is 23.9 Å². The van der Waals surface area contributed by atoms with Crippen molar-refractivity contribution in [3.8, 4) is 0 Å². The van der Waals surface area contributed by atoms with Gasteiger partial charge in [-0.15, -0.1) is 22.7 Å². The molecule has 0 saturated heterocycles. The van der Waals surface area contributed by atoms with E-state index >= 15 is 0 Å². The van der Waals surface area contributed by atoms with Crippen molar-refractivity contribution in [3.05, 3.63) is 33.5 Å². The van der Waals surface area contributed by atoms with E-state index in [1.54, 1.807) is 23.6 Å². The molecule has 0 saturated carbocycles. The van der Waals surface area contributed by atoms with Gasteiger partial charge in [0.15, 0.2) is 11.7 Å². The zero-order valence-electron chi connectivity index (χ0n) is 14.4. The predicted molar refractivity (Wildman–Crippen MR) is 99.3 cm³/mol. The number of nitrogens with zero attached hydrogens (tertiary/aromatic N) is 1. The fourth-order valence-electron chi connectivity index (χ4n) is 2.04. The third-order valence-electron chi connectivity index (χ3n) is 3.18. The maximum atomic E-state index is 11.8. The first-order valence-electron chi connectivity index (χ1n) is 8.14. The first kappa shape index (κ1) is 20.1. The molecule has 0 atom stereocenters. The third kappa shape index (κ3) is 7.32. The number of aromatic nitrogens is 1. The number of hydrogen-bond donors (Lipinski definition) is 1. The van der Waals surface area contributed by atoms with Gasteiger partial charge in [-0.3, -0.25) is 19.7 Å². The van der Waals surface area contributed by atoms with Gasteiger partial charge in [-0.25, -0.2) is 4.98 Å². The Balaban J connectivity index is 1.64. The molecule has 1 N–H and O–H groups in total. The van der Waals surface area contributed by atoms with Gasteiger partial charge in [0.05, 0.1) is 18.7 Å². The van der Waals surface area contributed by atoms with Crippen LogP contribution in [-0.2, 0) is 36.7 Å². The molecule has 2 aromatic heterocycles. The van der Waals surface area contributed by atoms with Gasteiger partial charge in [0.25, 0.3) is 5.91 Å². The van der Waals surface area contributed by atoms with Crippen LogP contribution < -0.4 is 5.32 Å². The van der Waals surface area contributed by atoms with E-state index in [1.807, 2.05) is 17.5 Å². The van der Waals surface area contributed by atoms with E-state index < -0.39 is 11.9 Å². The lowest BCUT2D eigenvalue weighted by Crippen LogP contribution is -2.20. The van der Waals surface area contributed by atoms with Crippen molar-refractivity contribution in [1.82, 2.24) is 4.98 Å². The molecule has 26 heavy (non-hydrogen) atoms. The zero-order chi connectivity index (χ0) is 18.8. The molecule has 2 rings (SSSR count). The number of hydrogen-bond acceptors (Lipinski definition) is 8. The van der Waals surface area contributed by atoms with Crippen molar-refractivity contribution in [2.45, 2.75) is 32.6 Å². The summed E-state index contributed by atoms with van der Waals surface area (Å²) in [7, 11) is 0. The molecule has 7 nitrogen and oxygen atoms in total. The van der Waals surface area contributed by atoms with Crippen molar-refractivity contribution in [1.29, 1.82) is 0 Å². The Morgan fingerprint density at radius 3 is 2.77 bits per heavy atom. The monoisotopic (exact) mass is 396 g/mol. The summed E-state index contributed by atoms with van der Waals surface area (Å²) in [6.07, 6.45) is 1.83. The smallest absolute Gasteiger partial charge is 0.311 e. The van der Waals surface area contributed by atoms with Crippen molar-refractivity contribution >= 4 is 45.7 Å². The lowest BCUT2D eigenvalue weighted by atomic mass is 10.2. The Morgan fingerprint density at radius 1 is 1.19 bits per heavy atom. The molecule has 0 aliphatic carbocycles. The second kappa shape index (κ2) is 10.7. The Hall–Kier alpha value is -2.26. The van der Waals surface area contributed by atoms with Gasteiger partial charge in [0, 0.05) is 16.7 Å². The highest BCUT2D eigenvalue weighted by atomic mass is 32.1. The highest BCUT2D eigenvalue weighted by Gasteiger charge is 2.12. The largest absolute Gasteiger partial charge is 0.466 e. The number of carbonyl (C=O) groups is 3. The topological polar surface area (TPSA) is 94.6 Å².